The summed E-state index contributed by atoms with van der Waals surface area (Å²) in [6, 6.07) is 14.7. The van der Waals surface area contributed by atoms with E-state index in [0.29, 0.717) is 6.04 Å². The Morgan fingerprint density at radius 2 is 1.86 bits per heavy atom. The van der Waals surface area contributed by atoms with Gasteiger partial charge >= 0.3 is 0 Å². The van der Waals surface area contributed by atoms with Gasteiger partial charge in [-0.3, -0.25) is 4.79 Å². The lowest BCUT2D eigenvalue weighted by molar-refractivity contribution is 0.0666. The molecule has 1 amide bonds. The van der Waals surface area contributed by atoms with Crippen molar-refractivity contribution in [3.05, 3.63) is 64.7 Å². The first-order chi connectivity index (χ1) is 10.6. The molecule has 2 aromatic carbocycles. The number of rotatable bonds is 2. The molecular weight excluding hydrogens is 272 g/mol. The van der Waals surface area contributed by atoms with Crippen molar-refractivity contribution < 1.29 is 4.79 Å². The Bertz CT molecular complexity index is 749. The van der Waals surface area contributed by atoms with Crippen molar-refractivity contribution in [2.45, 2.75) is 38.9 Å². The van der Waals surface area contributed by atoms with Crippen LogP contribution >= 0.6 is 0 Å². The van der Waals surface area contributed by atoms with Gasteiger partial charge < -0.3 is 10.2 Å². The van der Waals surface area contributed by atoms with Crippen molar-refractivity contribution in [2.75, 3.05) is 5.32 Å². The molecular formula is C19H20N2O. The third-order valence-electron chi connectivity index (χ3n) is 4.62. The smallest absolute Gasteiger partial charge is 0.258 e. The zero-order valence-corrected chi connectivity index (χ0v) is 13.0. The predicted octanol–water partition coefficient (Wildman–Crippen LogP) is 4.03. The Hall–Kier alpha value is -2.29. The van der Waals surface area contributed by atoms with Gasteiger partial charge in [-0.2, -0.15) is 0 Å². The predicted molar refractivity (Wildman–Crippen MR) is 87.9 cm³/mol. The molecule has 0 aromatic heterocycles. The van der Waals surface area contributed by atoms with Gasteiger partial charge in [-0.1, -0.05) is 35.9 Å². The Balaban J connectivity index is 1.82. The number of nitrogens with zero attached hydrogens (tertiary/aromatic N) is 1. The van der Waals surface area contributed by atoms with Crippen LogP contribution in [0.1, 0.15) is 46.1 Å². The summed E-state index contributed by atoms with van der Waals surface area (Å²) in [5.74, 6) is 0.154. The molecule has 0 saturated heterocycles. The van der Waals surface area contributed by atoms with Gasteiger partial charge in [-0.05, 0) is 49.9 Å². The number of hydrogen-bond donors (Lipinski definition) is 1. The summed E-state index contributed by atoms with van der Waals surface area (Å²) in [6.07, 6.45) is 2.16. The first kappa shape index (κ1) is 13.4. The molecule has 3 heteroatoms. The van der Waals surface area contributed by atoms with Gasteiger partial charge in [-0.25, -0.2) is 0 Å². The largest absolute Gasteiger partial charge is 0.361 e. The van der Waals surface area contributed by atoms with Gasteiger partial charge in [0.15, 0.2) is 0 Å². The molecule has 1 saturated carbocycles. The SMILES string of the molecule is Cc1ccc([C@H]2Nc3ccccc3C(=O)N2C2CC2)c(C)c1. The Morgan fingerprint density at radius 1 is 1.09 bits per heavy atom. The number of para-hydroxylation sites is 1. The highest BCUT2D eigenvalue weighted by Gasteiger charge is 2.42. The van der Waals surface area contributed by atoms with Crippen molar-refractivity contribution in [1.82, 2.24) is 4.90 Å². The summed E-state index contributed by atoms with van der Waals surface area (Å²) in [5.41, 5.74) is 5.40. The van der Waals surface area contributed by atoms with Crippen molar-refractivity contribution in [3.8, 4) is 0 Å². The number of amides is 1. The number of fused-ring (bicyclic) bond motifs is 1. The molecule has 4 rings (SSSR count). The Morgan fingerprint density at radius 3 is 2.59 bits per heavy atom. The van der Waals surface area contributed by atoms with E-state index in [2.05, 4.69) is 37.4 Å². The number of anilines is 1. The monoisotopic (exact) mass is 292 g/mol. The van der Waals surface area contributed by atoms with Crippen LogP contribution in [0, 0.1) is 13.8 Å². The molecule has 1 atom stereocenters. The minimum absolute atomic E-state index is 0.0597. The highest BCUT2D eigenvalue weighted by molar-refractivity contribution is 6.02. The van der Waals surface area contributed by atoms with Gasteiger partial charge in [0, 0.05) is 11.7 Å². The minimum Gasteiger partial charge on any atom is -0.361 e. The van der Waals surface area contributed by atoms with E-state index >= 15 is 0 Å². The van der Waals surface area contributed by atoms with E-state index in [1.807, 2.05) is 29.2 Å². The summed E-state index contributed by atoms with van der Waals surface area (Å²) in [5, 5.41) is 3.58. The second kappa shape index (κ2) is 4.87. The van der Waals surface area contributed by atoms with Crippen molar-refractivity contribution in [3.63, 3.8) is 0 Å². The van der Waals surface area contributed by atoms with Crippen LogP contribution in [0.25, 0.3) is 0 Å². The van der Waals surface area contributed by atoms with Gasteiger partial charge in [0.25, 0.3) is 5.91 Å². The van der Waals surface area contributed by atoms with Crippen LogP contribution in [0.3, 0.4) is 0 Å². The van der Waals surface area contributed by atoms with E-state index in [4.69, 9.17) is 0 Å². The molecule has 1 fully saturated rings. The molecule has 2 aliphatic rings. The average molecular weight is 292 g/mol. The van der Waals surface area contributed by atoms with E-state index in [1.165, 1.54) is 16.7 Å². The minimum atomic E-state index is -0.0597. The molecule has 1 aliphatic carbocycles. The number of benzene rings is 2. The number of carbonyl (C=O) groups excluding carboxylic acids is 1. The van der Waals surface area contributed by atoms with Crippen LogP contribution in [0.4, 0.5) is 5.69 Å². The number of hydrogen-bond acceptors (Lipinski definition) is 2. The third kappa shape index (κ3) is 2.08. The lowest BCUT2D eigenvalue weighted by atomic mass is 9.98. The summed E-state index contributed by atoms with van der Waals surface area (Å²) in [6.45, 7) is 4.23. The average Bonchev–Trinajstić information content (AvgIpc) is 3.32. The fourth-order valence-corrected chi connectivity index (χ4v) is 3.36. The number of carbonyl (C=O) groups is 1. The molecule has 3 nitrogen and oxygen atoms in total. The lowest BCUT2D eigenvalue weighted by Crippen LogP contribution is -2.44. The van der Waals surface area contributed by atoms with E-state index in [-0.39, 0.29) is 12.1 Å². The van der Waals surface area contributed by atoms with Gasteiger partial charge in [0.2, 0.25) is 0 Å². The summed E-state index contributed by atoms with van der Waals surface area (Å²) in [4.78, 5) is 15.0. The first-order valence-corrected chi connectivity index (χ1v) is 7.90. The maximum atomic E-state index is 12.9. The van der Waals surface area contributed by atoms with E-state index < -0.39 is 0 Å². The quantitative estimate of drug-likeness (QED) is 0.906. The second-order valence-electron chi connectivity index (χ2n) is 6.40. The van der Waals surface area contributed by atoms with Crippen LogP contribution in [0.15, 0.2) is 42.5 Å². The maximum absolute atomic E-state index is 12.9. The maximum Gasteiger partial charge on any atom is 0.258 e. The van der Waals surface area contributed by atoms with Crippen LogP contribution in [-0.2, 0) is 0 Å². The zero-order valence-electron chi connectivity index (χ0n) is 13.0. The molecule has 1 aliphatic heterocycles. The van der Waals surface area contributed by atoms with Crippen LogP contribution < -0.4 is 5.32 Å². The molecule has 22 heavy (non-hydrogen) atoms. The van der Waals surface area contributed by atoms with Crippen LogP contribution in [-0.4, -0.2) is 16.8 Å². The fourth-order valence-electron chi connectivity index (χ4n) is 3.36. The van der Waals surface area contributed by atoms with E-state index in [9.17, 15) is 4.79 Å². The standard InChI is InChI=1S/C19H20N2O/c1-12-7-10-15(13(2)11-12)18-20-17-6-4-3-5-16(17)19(22)21(18)14-8-9-14/h3-7,10-11,14,18,20H,8-9H2,1-2H3/t18-/m0/s1. The van der Waals surface area contributed by atoms with E-state index in [1.54, 1.807) is 0 Å². The molecule has 0 unspecified atom stereocenters. The Labute approximate surface area is 131 Å². The van der Waals surface area contributed by atoms with E-state index in [0.717, 1.165) is 24.1 Å². The third-order valence-corrected chi connectivity index (χ3v) is 4.62. The van der Waals surface area contributed by atoms with Gasteiger partial charge in [0.1, 0.15) is 6.17 Å². The zero-order chi connectivity index (χ0) is 15.3. The van der Waals surface area contributed by atoms with Crippen molar-refractivity contribution in [1.29, 1.82) is 0 Å². The normalized spacial score (nSPS) is 20.5. The molecule has 2 aromatic rings. The summed E-state index contributed by atoms with van der Waals surface area (Å²) < 4.78 is 0. The molecule has 0 spiro atoms. The van der Waals surface area contributed by atoms with Gasteiger partial charge in [-0.15, -0.1) is 0 Å². The van der Waals surface area contributed by atoms with Crippen molar-refractivity contribution in [2.24, 2.45) is 0 Å². The molecule has 112 valence electrons. The summed E-state index contributed by atoms with van der Waals surface area (Å²) >= 11 is 0. The fraction of sp³-hybridized carbons (Fsp3) is 0.316. The topological polar surface area (TPSA) is 32.3 Å². The molecule has 1 N–H and O–H groups in total. The lowest BCUT2D eigenvalue weighted by Gasteiger charge is -2.39. The molecule has 0 radical (unpaired) electrons. The number of aryl methyl sites for hydroxylation is 2. The number of nitrogens with one attached hydrogen (secondary N) is 1. The summed E-state index contributed by atoms with van der Waals surface area (Å²) in [7, 11) is 0. The highest BCUT2D eigenvalue weighted by Crippen LogP contribution is 2.41. The van der Waals surface area contributed by atoms with Crippen LogP contribution in [0.2, 0.25) is 0 Å². The second-order valence-corrected chi connectivity index (χ2v) is 6.40. The highest BCUT2D eigenvalue weighted by atomic mass is 16.2. The molecule has 1 heterocycles. The molecule has 0 bridgehead atoms. The Kier molecular flexibility index (Phi) is 2.96. The van der Waals surface area contributed by atoms with Gasteiger partial charge in [0.05, 0.1) is 5.56 Å². The van der Waals surface area contributed by atoms with Crippen LogP contribution in [0.5, 0.6) is 0 Å². The van der Waals surface area contributed by atoms with Crippen molar-refractivity contribution >= 4 is 11.6 Å². The first-order valence-electron chi connectivity index (χ1n) is 7.90.